The molecule has 1 aromatic carbocycles. The van der Waals surface area contributed by atoms with Crippen molar-refractivity contribution >= 4 is 47.1 Å². The van der Waals surface area contributed by atoms with Gasteiger partial charge in [-0.25, -0.2) is 4.79 Å². The summed E-state index contributed by atoms with van der Waals surface area (Å²) in [6, 6.07) is 4.59. The molecule has 0 aromatic heterocycles. The molecule has 0 bridgehead atoms. The molecule has 1 amide bonds. The van der Waals surface area contributed by atoms with Crippen molar-refractivity contribution < 1.29 is 14.7 Å². The number of rotatable bonds is 5. The number of aryl methyl sites for hydroxylation is 1. The van der Waals surface area contributed by atoms with Crippen LogP contribution in [0.5, 0.6) is 0 Å². The van der Waals surface area contributed by atoms with Crippen molar-refractivity contribution in [2.75, 3.05) is 26.0 Å². The van der Waals surface area contributed by atoms with Crippen molar-refractivity contribution in [1.29, 1.82) is 0 Å². The van der Waals surface area contributed by atoms with E-state index in [1.807, 2.05) is 19.0 Å². The Kier molecular flexibility index (Phi) is 8.41. The van der Waals surface area contributed by atoms with Crippen LogP contribution in [0.3, 0.4) is 0 Å². The molecule has 6 heteroatoms. The Balaban J connectivity index is 0.00000361. The molecule has 0 saturated heterocycles. The second-order valence-electron chi connectivity index (χ2n) is 4.49. The van der Waals surface area contributed by atoms with Crippen LogP contribution in [0, 0.1) is 6.92 Å². The molecule has 0 atom stereocenters. The summed E-state index contributed by atoms with van der Waals surface area (Å²) in [4.78, 5) is 24.4. The van der Waals surface area contributed by atoms with E-state index in [9.17, 15) is 9.59 Å². The molecule has 0 unspecified atom stereocenters. The molecule has 1 rings (SSSR count). The molecule has 1 aromatic rings. The summed E-state index contributed by atoms with van der Waals surface area (Å²) in [7, 11) is 3.83. The van der Waals surface area contributed by atoms with Gasteiger partial charge >= 0.3 is 35.5 Å². The first-order valence-electron chi connectivity index (χ1n) is 5.86. The zero-order chi connectivity index (χ0) is 14.4. The number of hydrogen-bond donors (Lipinski definition) is 2. The summed E-state index contributed by atoms with van der Waals surface area (Å²) in [5.74, 6) is -1.21. The monoisotopic (exact) mass is 286 g/mol. The third-order valence-electron chi connectivity index (χ3n) is 2.47. The molecule has 0 aliphatic rings. The molecule has 0 radical (unpaired) electrons. The molecule has 20 heavy (non-hydrogen) atoms. The molecule has 2 N–H and O–H groups in total. The molecule has 0 spiro atoms. The summed E-state index contributed by atoms with van der Waals surface area (Å²) in [5, 5.41) is 11.6. The van der Waals surface area contributed by atoms with Gasteiger partial charge in [0.05, 0.1) is 5.56 Å². The summed E-state index contributed by atoms with van der Waals surface area (Å²) in [5.41, 5.74) is 1.54. The van der Waals surface area contributed by atoms with Crippen LogP contribution in [-0.2, 0) is 4.79 Å². The second kappa shape index (κ2) is 8.92. The molecule has 0 aliphatic carbocycles. The summed E-state index contributed by atoms with van der Waals surface area (Å²) < 4.78 is 0. The van der Waals surface area contributed by atoms with E-state index in [0.29, 0.717) is 17.8 Å². The molecule has 0 saturated carbocycles. The van der Waals surface area contributed by atoms with Gasteiger partial charge in [-0.15, -0.1) is 0 Å². The van der Waals surface area contributed by atoms with E-state index in [1.54, 1.807) is 19.1 Å². The third-order valence-corrected chi connectivity index (χ3v) is 2.47. The predicted molar refractivity (Wildman–Crippen MR) is 81.6 cm³/mol. The standard InChI is InChI=1S/C14H18N2O3.Na.H/c1-10-9-11(14(18)19)6-7-12(10)15-13(17)5-4-8-16(2)3;;/h4-7,9H,8H2,1-3H3,(H,15,17)(H,18,19);;/b5-4+;;. The summed E-state index contributed by atoms with van der Waals surface area (Å²) in [6.07, 6.45) is 3.22. The maximum absolute atomic E-state index is 11.6. The molecular formula is C14H19N2NaO3. The van der Waals surface area contributed by atoms with Gasteiger partial charge in [-0.05, 0) is 44.8 Å². The normalized spacial score (nSPS) is 10.4. The van der Waals surface area contributed by atoms with Crippen LogP contribution in [-0.4, -0.2) is 72.1 Å². The van der Waals surface area contributed by atoms with Gasteiger partial charge in [0.2, 0.25) is 5.91 Å². The minimum absolute atomic E-state index is 0. The van der Waals surface area contributed by atoms with Gasteiger partial charge in [0.25, 0.3) is 0 Å². The first-order valence-corrected chi connectivity index (χ1v) is 5.86. The van der Waals surface area contributed by atoms with Crippen molar-refractivity contribution in [2.24, 2.45) is 0 Å². The number of carbonyl (C=O) groups is 2. The molecule has 5 nitrogen and oxygen atoms in total. The number of carboxylic acids is 1. The molecule has 0 aliphatic heterocycles. The van der Waals surface area contributed by atoms with E-state index >= 15 is 0 Å². The Hall–Kier alpha value is -1.14. The van der Waals surface area contributed by atoms with Crippen molar-refractivity contribution in [3.8, 4) is 0 Å². The quantitative estimate of drug-likeness (QED) is 0.628. The Bertz CT molecular complexity index is 513. The van der Waals surface area contributed by atoms with Crippen molar-refractivity contribution in [1.82, 2.24) is 4.90 Å². The number of nitrogens with one attached hydrogen (secondary N) is 1. The fourth-order valence-electron chi connectivity index (χ4n) is 1.48. The van der Waals surface area contributed by atoms with Gasteiger partial charge in [-0.1, -0.05) is 6.08 Å². The fraction of sp³-hybridized carbons (Fsp3) is 0.286. The number of hydrogen-bond acceptors (Lipinski definition) is 3. The molecule has 104 valence electrons. The maximum atomic E-state index is 11.6. The Labute approximate surface area is 141 Å². The zero-order valence-electron chi connectivity index (χ0n) is 11.3. The van der Waals surface area contributed by atoms with E-state index in [0.717, 1.165) is 0 Å². The third kappa shape index (κ3) is 6.34. The van der Waals surface area contributed by atoms with Crippen LogP contribution in [0.2, 0.25) is 0 Å². The van der Waals surface area contributed by atoms with E-state index in [1.165, 1.54) is 18.2 Å². The van der Waals surface area contributed by atoms with Crippen LogP contribution < -0.4 is 5.32 Å². The van der Waals surface area contributed by atoms with Crippen molar-refractivity contribution in [2.45, 2.75) is 6.92 Å². The Morgan fingerprint density at radius 2 is 2.00 bits per heavy atom. The first kappa shape index (κ1) is 18.9. The van der Waals surface area contributed by atoms with E-state index in [-0.39, 0.29) is 41.0 Å². The topological polar surface area (TPSA) is 69.6 Å². The zero-order valence-corrected chi connectivity index (χ0v) is 11.3. The number of aromatic carboxylic acids is 1. The average molecular weight is 286 g/mol. The number of benzene rings is 1. The van der Waals surface area contributed by atoms with Gasteiger partial charge in [-0.2, -0.15) is 0 Å². The first-order chi connectivity index (χ1) is 8.90. The predicted octanol–water partition coefficient (Wildman–Crippen LogP) is 1.10. The van der Waals surface area contributed by atoms with Crippen LogP contribution in [0.4, 0.5) is 5.69 Å². The molecule has 0 heterocycles. The number of nitrogens with zero attached hydrogens (tertiary/aromatic N) is 1. The van der Waals surface area contributed by atoms with Crippen LogP contribution in [0.15, 0.2) is 30.4 Å². The summed E-state index contributed by atoms with van der Waals surface area (Å²) >= 11 is 0. The number of carboxylic acid groups (broad SMARTS) is 1. The van der Waals surface area contributed by atoms with E-state index < -0.39 is 5.97 Å². The number of anilines is 1. The SMILES string of the molecule is Cc1cc(C(=O)O)ccc1NC(=O)/C=C/CN(C)C.[NaH]. The Morgan fingerprint density at radius 3 is 2.50 bits per heavy atom. The minimum atomic E-state index is -0.980. The van der Waals surface area contributed by atoms with Crippen LogP contribution in [0.25, 0.3) is 0 Å². The average Bonchev–Trinajstić information content (AvgIpc) is 2.31. The molecular weight excluding hydrogens is 267 g/mol. The van der Waals surface area contributed by atoms with Gasteiger partial charge < -0.3 is 15.3 Å². The van der Waals surface area contributed by atoms with Gasteiger partial charge in [-0.3, -0.25) is 4.79 Å². The fourth-order valence-corrected chi connectivity index (χ4v) is 1.48. The van der Waals surface area contributed by atoms with Crippen LogP contribution in [0.1, 0.15) is 15.9 Å². The molecule has 0 fully saturated rings. The Morgan fingerprint density at radius 1 is 1.35 bits per heavy atom. The number of amides is 1. The van der Waals surface area contributed by atoms with Gasteiger partial charge in [0, 0.05) is 18.3 Å². The van der Waals surface area contributed by atoms with Gasteiger partial charge in [0.15, 0.2) is 0 Å². The van der Waals surface area contributed by atoms with Crippen LogP contribution >= 0.6 is 0 Å². The van der Waals surface area contributed by atoms with Crippen molar-refractivity contribution in [3.05, 3.63) is 41.5 Å². The van der Waals surface area contributed by atoms with E-state index in [4.69, 9.17) is 5.11 Å². The van der Waals surface area contributed by atoms with Gasteiger partial charge in [0.1, 0.15) is 0 Å². The van der Waals surface area contributed by atoms with Crippen molar-refractivity contribution in [3.63, 3.8) is 0 Å². The van der Waals surface area contributed by atoms with E-state index in [2.05, 4.69) is 5.32 Å². The number of carbonyl (C=O) groups excluding carboxylic acids is 1. The number of likely N-dealkylation sites (N-methyl/N-ethyl adjacent to an activating group) is 1. The second-order valence-corrected chi connectivity index (χ2v) is 4.49. The summed E-state index contributed by atoms with van der Waals surface area (Å²) in [6.45, 7) is 2.44.